The third-order valence-corrected chi connectivity index (χ3v) is 1.94. The molecule has 3 nitrogen and oxygen atoms in total. The summed E-state index contributed by atoms with van der Waals surface area (Å²) >= 11 is 0. The minimum absolute atomic E-state index is 0.271. The van der Waals surface area contributed by atoms with E-state index in [2.05, 4.69) is 11.3 Å². The van der Waals surface area contributed by atoms with Crippen LogP contribution in [-0.2, 0) is 9.53 Å². The third kappa shape index (κ3) is 4.03. The molecule has 0 saturated carbocycles. The molecular formula is C9H14FNO2. The number of nitrogens with zero attached hydrogens (tertiary/aromatic N) is 1. The summed E-state index contributed by atoms with van der Waals surface area (Å²) in [5.74, 6) is -0.990. The van der Waals surface area contributed by atoms with Crippen LogP contribution in [0.1, 0.15) is 12.8 Å². The summed E-state index contributed by atoms with van der Waals surface area (Å²) in [4.78, 5) is 13.0. The molecule has 1 aliphatic rings. The molecule has 0 aliphatic carbocycles. The van der Waals surface area contributed by atoms with Crippen LogP contribution in [0.2, 0.25) is 0 Å². The average molecular weight is 187 g/mol. The van der Waals surface area contributed by atoms with Gasteiger partial charge in [0.05, 0.1) is 6.54 Å². The van der Waals surface area contributed by atoms with E-state index < -0.39 is 5.83 Å². The van der Waals surface area contributed by atoms with E-state index in [1.807, 2.05) is 4.90 Å². The number of halogens is 1. The first-order chi connectivity index (χ1) is 6.18. The highest BCUT2D eigenvalue weighted by molar-refractivity contribution is 5.71. The minimum atomic E-state index is -0.616. The molecule has 1 saturated heterocycles. The van der Waals surface area contributed by atoms with Crippen LogP contribution >= 0.6 is 0 Å². The Balaban J connectivity index is 2.13. The first-order valence-electron chi connectivity index (χ1n) is 4.40. The Bertz CT molecular complexity index is 200. The van der Waals surface area contributed by atoms with Gasteiger partial charge in [-0.15, -0.1) is 0 Å². The zero-order chi connectivity index (χ0) is 9.68. The van der Waals surface area contributed by atoms with Crippen LogP contribution < -0.4 is 0 Å². The standard InChI is InChI=1S/C9H14FNO2/c1-8(10)7-13-9(12)6-11-4-2-3-5-11/h1-7H2. The van der Waals surface area contributed by atoms with E-state index in [1.54, 1.807) is 0 Å². The lowest BCUT2D eigenvalue weighted by atomic mass is 10.4. The smallest absolute Gasteiger partial charge is 0.320 e. The van der Waals surface area contributed by atoms with Crippen molar-refractivity contribution >= 4 is 5.97 Å². The van der Waals surface area contributed by atoms with Gasteiger partial charge >= 0.3 is 5.97 Å². The SMILES string of the molecule is C=C(F)COC(=O)CN1CCCC1. The van der Waals surface area contributed by atoms with E-state index in [0.717, 1.165) is 25.9 Å². The summed E-state index contributed by atoms with van der Waals surface area (Å²) in [7, 11) is 0. The molecular weight excluding hydrogens is 173 g/mol. The van der Waals surface area contributed by atoms with Gasteiger partial charge in [-0.25, -0.2) is 4.39 Å². The second-order valence-corrected chi connectivity index (χ2v) is 3.16. The number of hydrogen-bond acceptors (Lipinski definition) is 3. The van der Waals surface area contributed by atoms with Crippen molar-refractivity contribution in [1.82, 2.24) is 4.90 Å². The Kier molecular flexibility index (Phi) is 3.89. The topological polar surface area (TPSA) is 29.5 Å². The molecule has 1 heterocycles. The van der Waals surface area contributed by atoms with Crippen LogP contribution in [0.4, 0.5) is 4.39 Å². The first-order valence-corrected chi connectivity index (χ1v) is 4.40. The van der Waals surface area contributed by atoms with Crippen molar-refractivity contribution in [2.24, 2.45) is 0 Å². The van der Waals surface area contributed by atoms with Crippen LogP contribution in [0.3, 0.4) is 0 Å². The van der Waals surface area contributed by atoms with Crippen LogP contribution in [0.15, 0.2) is 12.4 Å². The molecule has 4 heteroatoms. The van der Waals surface area contributed by atoms with Gasteiger partial charge in [-0.2, -0.15) is 0 Å². The van der Waals surface area contributed by atoms with Gasteiger partial charge in [-0.1, -0.05) is 6.58 Å². The molecule has 1 aliphatic heterocycles. The zero-order valence-electron chi connectivity index (χ0n) is 7.59. The van der Waals surface area contributed by atoms with Crippen molar-refractivity contribution < 1.29 is 13.9 Å². The lowest BCUT2D eigenvalue weighted by Crippen LogP contribution is -2.28. The maximum atomic E-state index is 12.1. The van der Waals surface area contributed by atoms with Crippen LogP contribution in [0, 0.1) is 0 Å². The van der Waals surface area contributed by atoms with Gasteiger partial charge in [0.25, 0.3) is 0 Å². The van der Waals surface area contributed by atoms with Gasteiger partial charge in [-0.05, 0) is 25.9 Å². The molecule has 0 aromatic rings. The molecule has 0 unspecified atom stereocenters. The molecule has 1 rings (SSSR count). The van der Waals surface area contributed by atoms with Crippen molar-refractivity contribution in [1.29, 1.82) is 0 Å². The largest absolute Gasteiger partial charge is 0.457 e. The predicted octanol–water partition coefficient (Wildman–Crippen LogP) is 1.11. The van der Waals surface area contributed by atoms with Crippen LogP contribution in [0.25, 0.3) is 0 Å². The Labute approximate surface area is 77.2 Å². The molecule has 0 N–H and O–H groups in total. The molecule has 0 aromatic heterocycles. The fourth-order valence-corrected chi connectivity index (χ4v) is 1.33. The fraction of sp³-hybridized carbons (Fsp3) is 0.667. The van der Waals surface area contributed by atoms with Crippen LogP contribution in [-0.4, -0.2) is 37.1 Å². The number of carbonyl (C=O) groups excluding carboxylic acids is 1. The summed E-state index contributed by atoms with van der Waals surface area (Å²) in [5.41, 5.74) is 0. The summed E-state index contributed by atoms with van der Waals surface area (Å²) in [6.45, 7) is 4.83. The molecule has 0 amide bonds. The lowest BCUT2D eigenvalue weighted by Gasteiger charge is -2.12. The molecule has 0 atom stereocenters. The number of likely N-dealkylation sites (tertiary alicyclic amines) is 1. The van der Waals surface area contributed by atoms with Crippen molar-refractivity contribution in [3.05, 3.63) is 12.4 Å². The van der Waals surface area contributed by atoms with E-state index >= 15 is 0 Å². The quantitative estimate of drug-likeness (QED) is 0.617. The highest BCUT2D eigenvalue weighted by Crippen LogP contribution is 2.06. The maximum absolute atomic E-state index is 12.1. The highest BCUT2D eigenvalue weighted by atomic mass is 19.1. The number of esters is 1. The number of rotatable bonds is 4. The summed E-state index contributed by atoms with van der Waals surface area (Å²) < 4.78 is 16.7. The molecule has 13 heavy (non-hydrogen) atoms. The summed E-state index contributed by atoms with van der Waals surface area (Å²) in [5, 5.41) is 0. The van der Waals surface area contributed by atoms with E-state index in [4.69, 9.17) is 0 Å². The Morgan fingerprint density at radius 3 is 2.62 bits per heavy atom. The predicted molar refractivity (Wildman–Crippen MR) is 46.9 cm³/mol. The van der Waals surface area contributed by atoms with E-state index in [9.17, 15) is 9.18 Å². The number of hydrogen-bond donors (Lipinski definition) is 0. The molecule has 0 bridgehead atoms. The minimum Gasteiger partial charge on any atom is -0.457 e. The number of ether oxygens (including phenoxy) is 1. The Hall–Kier alpha value is -0.900. The van der Waals surface area contributed by atoms with Gasteiger partial charge in [0, 0.05) is 0 Å². The van der Waals surface area contributed by atoms with E-state index in [0.29, 0.717) is 0 Å². The van der Waals surface area contributed by atoms with Gasteiger partial charge in [0.15, 0.2) is 0 Å². The van der Waals surface area contributed by atoms with Crippen molar-refractivity contribution in [3.8, 4) is 0 Å². The van der Waals surface area contributed by atoms with Gasteiger partial charge in [0.1, 0.15) is 12.4 Å². The van der Waals surface area contributed by atoms with Gasteiger partial charge in [0.2, 0.25) is 0 Å². The molecule has 0 spiro atoms. The molecule has 1 fully saturated rings. The normalized spacial score (nSPS) is 17.3. The second-order valence-electron chi connectivity index (χ2n) is 3.16. The van der Waals surface area contributed by atoms with Crippen molar-refractivity contribution in [2.45, 2.75) is 12.8 Å². The summed E-state index contributed by atoms with van der Waals surface area (Å²) in [6.07, 6.45) is 2.26. The fourth-order valence-electron chi connectivity index (χ4n) is 1.33. The van der Waals surface area contributed by atoms with Crippen LogP contribution in [0.5, 0.6) is 0 Å². The molecule has 0 aromatic carbocycles. The number of carbonyl (C=O) groups is 1. The lowest BCUT2D eigenvalue weighted by molar-refractivity contribution is -0.144. The Morgan fingerprint density at radius 2 is 2.08 bits per heavy atom. The van der Waals surface area contributed by atoms with Crippen molar-refractivity contribution in [2.75, 3.05) is 26.2 Å². The van der Waals surface area contributed by atoms with E-state index in [1.165, 1.54) is 0 Å². The van der Waals surface area contributed by atoms with Gasteiger partial charge < -0.3 is 4.74 Å². The van der Waals surface area contributed by atoms with E-state index in [-0.39, 0.29) is 19.1 Å². The van der Waals surface area contributed by atoms with Gasteiger partial charge in [-0.3, -0.25) is 9.69 Å². The third-order valence-electron chi connectivity index (χ3n) is 1.94. The Morgan fingerprint density at radius 1 is 1.46 bits per heavy atom. The molecule has 0 radical (unpaired) electrons. The molecule has 74 valence electrons. The average Bonchev–Trinajstić information content (AvgIpc) is 2.53. The second kappa shape index (κ2) is 4.97. The monoisotopic (exact) mass is 187 g/mol. The maximum Gasteiger partial charge on any atom is 0.320 e. The summed E-state index contributed by atoms with van der Waals surface area (Å²) in [6, 6.07) is 0. The van der Waals surface area contributed by atoms with Crippen molar-refractivity contribution in [3.63, 3.8) is 0 Å². The zero-order valence-corrected chi connectivity index (χ0v) is 7.59. The first kappa shape index (κ1) is 10.2. The highest BCUT2D eigenvalue weighted by Gasteiger charge is 2.15.